The summed E-state index contributed by atoms with van der Waals surface area (Å²) in [7, 11) is 2.17. The van der Waals surface area contributed by atoms with Crippen LogP contribution in [0.25, 0.3) is 0 Å². The van der Waals surface area contributed by atoms with E-state index in [0.29, 0.717) is 12.0 Å². The second-order valence-electron chi connectivity index (χ2n) is 7.13. The summed E-state index contributed by atoms with van der Waals surface area (Å²) in [4.78, 5) is 19.9. The van der Waals surface area contributed by atoms with E-state index in [1.165, 1.54) is 0 Å². The number of amides is 1. The number of carbonyl (C=O) groups is 1. The molecule has 0 saturated carbocycles. The predicted molar refractivity (Wildman–Crippen MR) is 90.8 cm³/mol. The van der Waals surface area contributed by atoms with Gasteiger partial charge in [-0.3, -0.25) is 14.4 Å². The Hall–Kier alpha value is -1.40. The van der Waals surface area contributed by atoms with Crippen LogP contribution in [0.1, 0.15) is 42.9 Å². The number of nitrogens with zero attached hydrogens (tertiary/aromatic N) is 5. The van der Waals surface area contributed by atoms with Crippen LogP contribution in [0.2, 0.25) is 0 Å². The molecule has 23 heavy (non-hydrogen) atoms. The fourth-order valence-electron chi connectivity index (χ4n) is 3.59. The number of hydrogen-bond acceptors (Lipinski definition) is 4. The molecule has 2 aliphatic rings. The highest BCUT2D eigenvalue weighted by Gasteiger charge is 2.34. The molecule has 6 heteroatoms. The lowest BCUT2D eigenvalue weighted by atomic mass is 10.1. The monoisotopic (exact) mass is 319 g/mol. The smallest absolute Gasteiger partial charge is 0.272 e. The summed E-state index contributed by atoms with van der Waals surface area (Å²) in [6, 6.07) is 2.45. The van der Waals surface area contributed by atoms with Crippen molar-refractivity contribution in [1.29, 1.82) is 0 Å². The molecule has 0 bridgehead atoms. The minimum Gasteiger partial charge on any atom is -0.334 e. The average molecular weight is 319 g/mol. The number of carbonyl (C=O) groups excluding carboxylic acids is 1. The van der Waals surface area contributed by atoms with Crippen molar-refractivity contribution in [3.05, 3.63) is 17.5 Å². The fourth-order valence-corrected chi connectivity index (χ4v) is 3.59. The zero-order valence-electron chi connectivity index (χ0n) is 14.8. The maximum atomic E-state index is 13.0. The van der Waals surface area contributed by atoms with Crippen LogP contribution < -0.4 is 0 Å². The highest BCUT2D eigenvalue weighted by molar-refractivity contribution is 5.93. The van der Waals surface area contributed by atoms with Crippen molar-refractivity contribution in [3.8, 4) is 0 Å². The Morgan fingerprint density at radius 1 is 1.26 bits per heavy atom. The van der Waals surface area contributed by atoms with Crippen LogP contribution in [0.15, 0.2) is 6.07 Å². The van der Waals surface area contributed by atoms with Gasteiger partial charge in [-0.05, 0) is 26.0 Å². The zero-order chi connectivity index (χ0) is 16.6. The largest absolute Gasteiger partial charge is 0.334 e. The van der Waals surface area contributed by atoms with Crippen LogP contribution in [0.3, 0.4) is 0 Å². The molecule has 0 aromatic carbocycles. The van der Waals surface area contributed by atoms with E-state index >= 15 is 0 Å². The van der Waals surface area contributed by atoms with Crippen molar-refractivity contribution in [1.82, 2.24) is 24.5 Å². The van der Waals surface area contributed by atoms with Gasteiger partial charge in [-0.1, -0.05) is 13.8 Å². The summed E-state index contributed by atoms with van der Waals surface area (Å²) in [6.07, 6.45) is 0. The van der Waals surface area contributed by atoms with Crippen LogP contribution in [0.4, 0.5) is 0 Å². The number of rotatable bonds is 3. The van der Waals surface area contributed by atoms with Crippen molar-refractivity contribution in [2.24, 2.45) is 0 Å². The van der Waals surface area contributed by atoms with Crippen LogP contribution in [0.5, 0.6) is 0 Å². The van der Waals surface area contributed by atoms with Crippen molar-refractivity contribution in [3.63, 3.8) is 0 Å². The van der Waals surface area contributed by atoms with Gasteiger partial charge in [0.15, 0.2) is 0 Å². The number of aromatic nitrogens is 2. The molecule has 0 radical (unpaired) electrons. The highest BCUT2D eigenvalue weighted by Crippen LogP contribution is 2.19. The first-order valence-corrected chi connectivity index (χ1v) is 8.79. The van der Waals surface area contributed by atoms with E-state index in [4.69, 9.17) is 0 Å². The average Bonchev–Trinajstić information content (AvgIpc) is 2.98. The standard InChI is InChI=1S/C17H29N5O/c1-5-22-16(10-15(18-22)13(2)3)17(23)21-9-8-20-7-6-19(4)11-14(20)12-21/h10,13-14H,5-9,11-12H2,1-4H3/t14-/m1/s1. The van der Waals surface area contributed by atoms with E-state index in [1.54, 1.807) is 0 Å². The van der Waals surface area contributed by atoms with E-state index in [2.05, 4.69) is 35.8 Å². The first-order chi connectivity index (χ1) is 11.0. The maximum Gasteiger partial charge on any atom is 0.272 e. The van der Waals surface area contributed by atoms with Crippen molar-refractivity contribution in [2.75, 3.05) is 46.3 Å². The quantitative estimate of drug-likeness (QED) is 0.837. The van der Waals surface area contributed by atoms with E-state index in [1.807, 2.05) is 22.6 Å². The lowest BCUT2D eigenvalue weighted by molar-refractivity contribution is 0.0184. The topological polar surface area (TPSA) is 44.6 Å². The summed E-state index contributed by atoms with van der Waals surface area (Å²) >= 11 is 0. The number of fused-ring (bicyclic) bond motifs is 1. The van der Waals surface area contributed by atoms with Crippen LogP contribution in [0, 0.1) is 0 Å². The number of hydrogen-bond donors (Lipinski definition) is 0. The van der Waals surface area contributed by atoms with Gasteiger partial charge in [-0.15, -0.1) is 0 Å². The third-order valence-corrected chi connectivity index (χ3v) is 5.09. The molecular weight excluding hydrogens is 290 g/mol. The van der Waals surface area contributed by atoms with Crippen molar-refractivity contribution >= 4 is 5.91 Å². The number of piperazine rings is 2. The second-order valence-corrected chi connectivity index (χ2v) is 7.13. The van der Waals surface area contributed by atoms with Gasteiger partial charge in [0.25, 0.3) is 5.91 Å². The van der Waals surface area contributed by atoms with E-state index in [0.717, 1.165) is 57.2 Å². The summed E-state index contributed by atoms with van der Waals surface area (Å²) in [5, 5.41) is 4.59. The zero-order valence-corrected chi connectivity index (χ0v) is 14.8. The molecule has 1 aromatic rings. The van der Waals surface area contributed by atoms with Gasteiger partial charge in [0.2, 0.25) is 0 Å². The molecule has 1 amide bonds. The number of aryl methyl sites for hydroxylation is 1. The van der Waals surface area contributed by atoms with E-state index in [-0.39, 0.29) is 5.91 Å². The lowest BCUT2D eigenvalue weighted by Gasteiger charge is -2.46. The van der Waals surface area contributed by atoms with E-state index in [9.17, 15) is 4.79 Å². The minimum atomic E-state index is 0.138. The Bertz CT molecular complexity index is 567. The Morgan fingerprint density at radius 3 is 2.70 bits per heavy atom. The molecule has 1 aromatic heterocycles. The molecule has 2 saturated heterocycles. The van der Waals surface area contributed by atoms with Gasteiger partial charge in [-0.25, -0.2) is 0 Å². The predicted octanol–water partition coefficient (Wildman–Crippen LogP) is 1.10. The molecule has 0 aliphatic carbocycles. The summed E-state index contributed by atoms with van der Waals surface area (Å²) in [5.41, 5.74) is 1.75. The third kappa shape index (κ3) is 3.28. The molecule has 2 aliphatic heterocycles. The molecular formula is C17H29N5O. The van der Waals surface area contributed by atoms with Crippen molar-refractivity contribution < 1.29 is 4.79 Å². The molecule has 3 heterocycles. The fraction of sp³-hybridized carbons (Fsp3) is 0.765. The number of likely N-dealkylation sites (N-methyl/N-ethyl adjacent to an activating group) is 1. The van der Waals surface area contributed by atoms with Crippen LogP contribution >= 0.6 is 0 Å². The lowest BCUT2D eigenvalue weighted by Crippen LogP contribution is -2.62. The van der Waals surface area contributed by atoms with Gasteiger partial charge in [0, 0.05) is 51.9 Å². The van der Waals surface area contributed by atoms with Gasteiger partial charge in [0.05, 0.1) is 5.69 Å². The summed E-state index contributed by atoms with van der Waals surface area (Å²) in [5.74, 6) is 0.484. The summed E-state index contributed by atoms with van der Waals surface area (Å²) < 4.78 is 1.86. The third-order valence-electron chi connectivity index (χ3n) is 5.09. The van der Waals surface area contributed by atoms with E-state index < -0.39 is 0 Å². The molecule has 2 fully saturated rings. The van der Waals surface area contributed by atoms with Gasteiger partial charge in [-0.2, -0.15) is 5.10 Å². The molecule has 128 valence electrons. The normalized spacial score (nSPS) is 23.3. The Morgan fingerprint density at radius 2 is 2.00 bits per heavy atom. The van der Waals surface area contributed by atoms with Gasteiger partial charge >= 0.3 is 0 Å². The Kier molecular flexibility index (Phi) is 4.73. The summed E-state index contributed by atoms with van der Waals surface area (Å²) in [6.45, 7) is 13.0. The maximum absolute atomic E-state index is 13.0. The molecule has 3 rings (SSSR count). The molecule has 1 atom stereocenters. The van der Waals surface area contributed by atoms with Gasteiger partial charge < -0.3 is 9.80 Å². The first-order valence-electron chi connectivity index (χ1n) is 8.79. The first kappa shape index (κ1) is 16.5. The van der Waals surface area contributed by atoms with Crippen LogP contribution in [-0.4, -0.2) is 82.7 Å². The Balaban J connectivity index is 1.75. The molecule has 6 nitrogen and oxygen atoms in total. The van der Waals surface area contributed by atoms with Crippen molar-refractivity contribution in [2.45, 2.75) is 39.3 Å². The Labute approximate surface area is 139 Å². The molecule has 0 unspecified atom stereocenters. The minimum absolute atomic E-state index is 0.138. The SMILES string of the molecule is CCn1nc(C(C)C)cc1C(=O)N1CCN2CCN(C)C[C@@H]2C1. The second kappa shape index (κ2) is 6.61. The van der Waals surface area contributed by atoms with Gasteiger partial charge in [0.1, 0.15) is 5.69 Å². The molecule has 0 N–H and O–H groups in total. The molecule has 0 spiro atoms. The highest BCUT2D eigenvalue weighted by atomic mass is 16.2. The van der Waals surface area contributed by atoms with Crippen LogP contribution in [-0.2, 0) is 6.54 Å².